The molecule has 0 spiro atoms. The van der Waals surface area contributed by atoms with Gasteiger partial charge < -0.3 is 14.0 Å². The summed E-state index contributed by atoms with van der Waals surface area (Å²) < 4.78 is 30.3. The van der Waals surface area contributed by atoms with Crippen molar-refractivity contribution in [3.8, 4) is 5.75 Å². The van der Waals surface area contributed by atoms with E-state index in [-0.39, 0.29) is 12.8 Å². The molecule has 3 rings (SSSR count). The molecule has 0 amide bonds. The summed E-state index contributed by atoms with van der Waals surface area (Å²) >= 11 is 0. The molecule has 8 heteroatoms. The number of hydrogen-bond acceptors (Lipinski definition) is 6. The van der Waals surface area contributed by atoms with Crippen LogP contribution in [0.5, 0.6) is 5.75 Å². The molecule has 0 aliphatic carbocycles. The molecule has 190 valence electrons. The highest BCUT2D eigenvalue weighted by atomic mass is 31.2. The highest BCUT2D eigenvalue weighted by molar-refractivity contribution is 7.56. The van der Waals surface area contributed by atoms with Gasteiger partial charge in [0, 0.05) is 0 Å². The van der Waals surface area contributed by atoms with E-state index in [1.807, 2.05) is 37.3 Å². The summed E-state index contributed by atoms with van der Waals surface area (Å²) in [6.45, 7) is 7.61. The van der Waals surface area contributed by atoms with Crippen LogP contribution in [-0.4, -0.2) is 31.2 Å². The molecule has 0 saturated carbocycles. The third-order valence-electron chi connectivity index (χ3n) is 5.35. The summed E-state index contributed by atoms with van der Waals surface area (Å²) in [5.41, 5.74) is 1.13. The fourth-order valence-corrected chi connectivity index (χ4v) is 5.57. The van der Waals surface area contributed by atoms with Gasteiger partial charge in [0.1, 0.15) is 18.4 Å². The standard InChI is InChI=1S/C28H32NO6P/c1-4-6-17-34-27(30)21(3)29-36(32,35-26-10-8-7-9-11-26)20-22-12-13-23-14-15-24(19-25(23)18-22)28(31)33-16-5-2/h5,7-15,18-19,21H,2,4,6,16-17,20H2,1,3H3,(H,29,32)/t21-,36?/m0/s1. The van der Waals surface area contributed by atoms with Gasteiger partial charge in [-0.25, -0.2) is 9.88 Å². The molecule has 1 unspecified atom stereocenters. The lowest BCUT2D eigenvalue weighted by molar-refractivity contribution is -0.145. The highest BCUT2D eigenvalue weighted by Gasteiger charge is 2.31. The van der Waals surface area contributed by atoms with Crippen molar-refractivity contribution in [1.29, 1.82) is 0 Å². The molecule has 3 aromatic rings. The van der Waals surface area contributed by atoms with Gasteiger partial charge in [0.25, 0.3) is 0 Å². The Labute approximate surface area is 212 Å². The van der Waals surface area contributed by atoms with E-state index in [2.05, 4.69) is 11.7 Å². The van der Waals surface area contributed by atoms with Gasteiger partial charge in [-0.05, 0) is 53.9 Å². The first kappa shape index (κ1) is 27.2. The summed E-state index contributed by atoms with van der Waals surface area (Å²) in [7, 11) is -3.59. The average Bonchev–Trinajstić information content (AvgIpc) is 2.87. The molecule has 0 aliphatic heterocycles. The number of fused-ring (bicyclic) bond motifs is 1. The Morgan fingerprint density at radius 1 is 1.03 bits per heavy atom. The molecule has 0 heterocycles. The van der Waals surface area contributed by atoms with Crippen LogP contribution in [-0.2, 0) is 25.0 Å². The van der Waals surface area contributed by atoms with Gasteiger partial charge in [0.15, 0.2) is 0 Å². The van der Waals surface area contributed by atoms with E-state index < -0.39 is 25.5 Å². The van der Waals surface area contributed by atoms with Crippen molar-refractivity contribution in [2.75, 3.05) is 13.2 Å². The van der Waals surface area contributed by atoms with E-state index in [4.69, 9.17) is 14.0 Å². The second-order valence-corrected chi connectivity index (χ2v) is 10.5. The van der Waals surface area contributed by atoms with Crippen LogP contribution in [0.15, 0.2) is 79.4 Å². The third kappa shape index (κ3) is 7.80. The van der Waals surface area contributed by atoms with Gasteiger partial charge in [-0.1, -0.05) is 68.5 Å². The number of unbranched alkanes of at least 4 members (excludes halogenated alkanes) is 1. The number of hydrogen-bond donors (Lipinski definition) is 1. The van der Waals surface area contributed by atoms with Crippen LogP contribution in [0.4, 0.5) is 0 Å². The van der Waals surface area contributed by atoms with Gasteiger partial charge >= 0.3 is 19.5 Å². The molecule has 0 aliphatic rings. The van der Waals surface area contributed by atoms with Crippen molar-refractivity contribution >= 4 is 30.2 Å². The number of carbonyl (C=O) groups is 2. The predicted molar refractivity (Wildman–Crippen MR) is 141 cm³/mol. The average molecular weight is 510 g/mol. The van der Waals surface area contributed by atoms with Crippen LogP contribution in [0.3, 0.4) is 0 Å². The number of esters is 2. The van der Waals surface area contributed by atoms with E-state index in [1.54, 1.807) is 43.3 Å². The van der Waals surface area contributed by atoms with Gasteiger partial charge in [0.2, 0.25) is 0 Å². The number of para-hydroxylation sites is 1. The summed E-state index contributed by atoms with van der Waals surface area (Å²) in [5.74, 6) is -0.508. The van der Waals surface area contributed by atoms with E-state index in [9.17, 15) is 14.2 Å². The fourth-order valence-electron chi connectivity index (χ4n) is 3.53. The van der Waals surface area contributed by atoms with Crippen LogP contribution in [0, 0.1) is 0 Å². The molecule has 7 nitrogen and oxygen atoms in total. The molecule has 3 aromatic carbocycles. The SMILES string of the molecule is C=CCOC(=O)c1ccc2ccc(CP(=O)(N[C@@H](C)C(=O)OCCCC)Oc3ccccc3)cc2c1. The monoisotopic (exact) mass is 509 g/mol. The van der Waals surface area contributed by atoms with Crippen molar-refractivity contribution in [2.24, 2.45) is 0 Å². The smallest absolute Gasteiger partial charge is 0.338 e. The third-order valence-corrected chi connectivity index (χ3v) is 7.41. The molecular formula is C28H32NO6P. The first-order valence-electron chi connectivity index (χ1n) is 11.9. The molecule has 0 aromatic heterocycles. The second kappa shape index (κ2) is 13.1. The van der Waals surface area contributed by atoms with Crippen molar-refractivity contribution in [3.63, 3.8) is 0 Å². The quantitative estimate of drug-likeness (QED) is 0.126. The van der Waals surface area contributed by atoms with E-state index in [0.29, 0.717) is 17.9 Å². The fraction of sp³-hybridized carbons (Fsp3) is 0.286. The maximum atomic E-state index is 14.0. The molecule has 0 fully saturated rings. The summed E-state index contributed by atoms with van der Waals surface area (Å²) in [6, 6.07) is 18.8. The van der Waals surface area contributed by atoms with Crippen LogP contribution >= 0.6 is 7.52 Å². The van der Waals surface area contributed by atoms with E-state index in [1.165, 1.54) is 6.08 Å². The minimum atomic E-state index is -3.59. The Hall–Kier alpha value is -3.41. The lowest BCUT2D eigenvalue weighted by Crippen LogP contribution is -2.35. The molecular weight excluding hydrogens is 477 g/mol. The van der Waals surface area contributed by atoms with E-state index in [0.717, 1.165) is 29.2 Å². The maximum Gasteiger partial charge on any atom is 0.338 e. The highest BCUT2D eigenvalue weighted by Crippen LogP contribution is 2.47. The molecule has 36 heavy (non-hydrogen) atoms. The number of ether oxygens (including phenoxy) is 2. The lowest BCUT2D eigenvalue weighted by Gasteiger charge is -2.24. The number of benzene rings is 3. The minimum Gasteiger partial charge on any atom is -0.465 e. The van der Waals surface area contributed by atoms with E-state index >= 15 is 0 Å². The van der Waals surface area contributed by atoms with Crippen molar-refractivity contribution in [1.82, 2.24) is 5.09 Å². The molecule has 1 N–H and O–H groups in total. The first-order valence-corrected chi connectivity index (χ1v) is 13.7. The normalized spacial score (nSPS) is 13.4. The maximum absolute atomic E-state index is 14.0. The zero-order valence-corrected chi connectivity index (χ0v) is 21.5. The van der Waals surface area contributed by atoms with Crippen LogP contribution in [0.25, 0.3) is 10.8 Å². The Morgan fingerprint density at radius 3 is 2.50 bits per heavy atom. The zero-order valence-electron chi connectivity index (χ0n) is 20.6. The second-order valence-electron chi connectivity index (χ2n) is 8.39. The van der Waals surface area contributed by atoms with Gasteiger partial charge in [-0.2, -0.15) is 0 Å². The van der Waals surface area contributed by atoms with Crippen LogP contribution < -0.4 is 9.61 Å². The Morgan fingerprint density at radius 2 is 1.78 bits per heavy atom. The lowest BCUT2D eigenvalue weighted by atomic mass is 10.0. The van der Waals surface area contributed by atoms with Gasteiger partial charge in [-0.3, -0.25) is 9.36 Å². The molecule has 0 bridgehead atoms. The van der Waals surface area contributed by atoms with Crippen LogP contribution in [0.2, 0.25) is 0 Å². The summed E-state index contributed by atoms with van der Waals surface area (Å²) in [4.78, 5) is 24.7. The van der Waals surface area contributed by atoms with Crippen molar-refractivity contribution in [3.05, 3.63) is 90.5 Å². The van der Waals surface area contributed by atoms with Gasteiger partial charge in [0.05, 0.1) is 18.3 Å². The van der Waals surface area contributed by atoms with Crippen molar-refractivity contribution < 1.29 is 28.2 Å². The number of nitrogens with one attached hydrogen (secondary N) is 1. The Bertz CT molecular complexity index is 1240. The summed E-state index contributed by atoms with van der Waals surface area (Å²) in [5, 5.41) is 4.60. The topological polar surface area (TPSA) is 90.9 Å². The first-order chi connectivity index (χ1) is 17.3. The van der Waals surface area contributed by atoms with Gasteiger partial charge in [-0.15, -0.1) is 0 Å². The predicted octanol–water partition coefficient (Wildman–Crippen LogP) is 6.28. The number of carbonyl (C=O) groups excluding carboxylic acids is 2. The number of rotatable bonds is 13. The molecule has 2 atom stereocenters. The Kier molecular flexibility index (Phi) is 9.86. The summed E-state index contributed by atoms with van der Waals surface area (Å²) in [6.07, 6.45) is 3.20. The molecule has 0 radical (unpaired) electrons. The zero-order chi connectivity index (χ0) is 26.0. The van der Waals surface area contributed by atoms with Crippen LogP contribution in [0.1, 0.15) is 42.6 Å². The Balaban J connectivity index is 1.85. The largest absolute Gasteiger partial charge is 0.465 e. The van der Waals surface area contributed by atoms with Crippen molar-refractivity contribution in [2.45, 2.75) is 38.9 Å². The minimum absolute atomic E-state index is 0.0234. The molecule has 0 saturated heterocycles.